The predicted octanol–water partition coefficient (Wildman–Crippen LogP) is 0.202. The van der Waals surface area contributed by atoms with Crippen molar-refractivity contribution < 1.29 is 56.1 Å². The maximum atomic E-state index is 7.61. The number of rotatable bonds is 6. The van der Waals surface area contributed by atoms with Crippen molar-refractivity contribution in [3.8, 4) is 0 Å². The second-order valence-corrected chi connectivity index (χ2v) is 5.42. The molecule has 0 aromatic heterocycles. The molecule has 2 nitrogen and oxygen atoms in total. The molecule has 0 saturated heterocycles. The van der Waals surface area contributed by atoms with Crippen LogP contribution in [0.2, 0.25) is 0 Å². The summed E-state index contributed by atoms with van der Waals surface area (Å²) < 4.78 is 5.62. The minimum Gasteiger partial charge on any atom is -0.699 e. The summed E-state index contributed by atoms with van der Waals surface area (Å²) in [5.74, 6) is 0.569. The summed E-state index contributed by atoms with van der Waals surface area (Å²) in [7, 11) is 2.08. The molecular formula is C17H20BKNO. The Bertz CT molecular complexity index is 543. The van der Waals surface area contributed by atoms with Crippen molar-refractivity contribution in [3.05, 3.63) is 59.8 Å². The normalized spacial score (nSPS) is 10.2. The number of ether oxygens (including phenoxy) is 1. The third kappa shape index (κ3) is 7.13. The molecule has 0 aliphatic rings. The molecule has 4 heteroatoms. The van der Waals surface area contributed by atoms with Gasteiger partial charge in [-0.05, 0) is 11.5 Å². The van der Waals surface area contributed by atoms with Crippen LogP contribution >= 0.6 is 0 Å². The Morgan fingerprint density at radius 1 is 1.05 bits per heavy atom. The number of benzene rings is 2. The summed E-state index contributed by atoms with van der Waals surface area (Å²) in [4.78, 5) is 0. The second-order valence-electron chi connectivity index (χ2n) is 5.42. The van der Waals surface area contributed by atoms with Gasteiger partial charge in [-0.2, -0.15) is 0 Å². The third-order valence-corrected chi connectivity index (χ3v) is 2.92. The van der Waals surface area contributed by atoms with E-state index in [0.717, 1.165) is 17.5 Å². The molecule has 2 aromatic rings. The van der Waals surface area contributed by atoms with Gasteiger partial charge in [0.1, 0.15) is 0 Å². The van der Waals surface area contributed by atoms with E-state index in [1.807, 2.05) is 18.2 Å². The van der Waals surface area contributed by atoms with Crippen LogP contribution in [0.3, 0.4) is 0 Å². The summed E-state index contributed by atoms with van der Waals surface area (Å²) in [5, 5.41) is 0. The van der Waals surface area contributed by atoms with Crippen molar-refractivity contribution in [3.63, 3.8) is 0 Å². The summed E-state index contributed by atoms with van der Waals surface area (Å²) in [5.41, 5.74) is 11.5. The van der Waals surface area contributed by atoms with Gasteiger partial charge in [0.05, 0.1) is 6.61 Å². The van der Waals surface area contributed by atoms with Crippen molar-refractivity contribution in [1.82, 2.24) is 0 Å². The first-order valence-corrected chi connectivity index (χ1v) is 6.96. The maximum absolute atomic E-state index is 7.61. The molecule has 1 radical (unpaired) electrons. The molecule has 0 spiro atoms. The van der Waals surface area contributed by atoms with Crippen molar-refractivity contribution in [2.75, 3.05) is 6.61 Å². The third-order valence-electron chi connectivity index (χ3n) is 2.92. The fraction of sp³-hybridized carbons (Fsp3) is 0.294. The molecule has 0 heterocycles. The Balaban J connectivity index is 0.00000220. The standard InChI is InChI=1S/C17H20BNO.K/c1-13(2)11-20-12-14-6-8-15(9-7-14)18-16-4-3-5-17(19)10-16;/h3-10,13,19H,11-12H2,1-2H3;/q-1;+1. The molecule has 0 fully saturated rings. The van der Waals surface area contributed by atoms with E-state index in [9.17, 15) is 0 Å². The Morgan fingerprint density at radius 3 is 2.38 bits per heavy atom. The summed E-state index contributed by atoms with van der Waals surface area (Å²) >= 11 is 0. The van der Waals surface area contributed by atoms with Crippen molar-refractivity contribution >= 4 is 23.9 Å². The van der Waals surface area contributed by atoms with Gasteiger partial charge in [0.15, 0.2) is 7.28 Å². The van der Waals surface area contributed by atoms with E-state index >= 15 is 0 Å². The van der Waals surface area contributed by atoms with Gasteiger partial charge in [-0.1, -0.05) is 73.3 Å². The van der Waals surface area contributed by atoms with Crippen LogP contribution in [-0.4, -0.2) is 13.9 Å². The number of nitrogens with one attached hydrogen (secondary N) is 1. The molecule has 0 aliphatic heterocycles. The summed E-state index contributed by atoms with van der Waals surface area (Å²) in [6.07, 6.45) is 0. The second kappa shape index (κ2) is 9.82. The Hall–Kier alpha value is -0.0987. The van der Waals surface area contributed by atoms with Crippen LogP contribution in [0.15, 0.2) is 48.5 Å². The van der Waals surface area contributed by atoms with Gasteiger partial charge in [0, 0.05) is 6.61 Å². The molecule has 0 amide bonds. The van der Waals surface area contributed by atoms with Gasteiger partial charge in [0.25, 0.3) is 0 Å². The van der Waals surface area contributed by atoms with E-state index in [1.165, 1.54) is 5.56 Å². The smallest absolute Gasteiger partial charge is 0.699 e. The topological polar surface area (TPSA) is 33.0 Å². The molecule has 0 saturated carbocycles. The van der Waals surface area contributed by atoms with Gasteiger partial charge in [-0.25, -0.2) is 0 Å². The van der Waals surface area contributed by atoms with Crippen LogP contribution in [0.25, 0.3) is 5.73 Å². The van der Waals surface area contributed by atoms with E-state index in [0.29, 0.717) is 18.2 Å². The van der Waals surface area contributed by atoms with Crippen LogP contribution in [0.1, 0.15) is 19.4 Å². The fourth-order valence-corrected chi connectivity index (χ4v) is 1.94. The zero-order chi connectivity index (χ0) is 14.4. The van der Waals surface area contributed by atoms with Crippen molar-refractivity contribution in [2.24, 2.45) is 5.92 Å². The Labute approximate surface area is 171 Å². The zero-order valence-corrected chi connectivity index (χ0v) is 16.2. The minimum absolute atomic E-state index is 0. The molecule has 0 aliphatic carbocycles. The predicted molar refractivity (Wildman–Crippen MR) is 86.4 cm³/mol. The van der Waals surface area contributed by atoms with Crippen molar-refractivity contribution in [1.29, 1.82) is 0 Å². The Morgan fingerprint density at radius 2 is 1.76 bits per heavy atom. The van der Waals surface area contributed by atoms with Gasteiger partial charge in [-0.3, -0.25) is 0 Å². The quantitative estimate of drug-likeness (QED) is 0.702. The van der Waals surface area contributed by atoms with Crippen LogP contribution < -0.4 is 62.3 Å². The monoisotopic (exact) mass is 304 g/mol. The molecule has 0 unspecified atom stereocenters. The van der Waals surface area contributed by atoms with Crippen LogP contribution in [0.5, 0.6) is 0 Å². The van der Waals surface area contributed by atoms with Crippen LogP contribution in [-0.2, 0) is 11.3 Å². The molecule has 0 bridgehead atoms. The van der Waals surface area contributed by atoms with E-state index in [-0.39, 0.29) is 51.4 Å². The van der Waals surface area contributed by atoms with E-state index in [2.05, 4.69) is 45.4 Å². The van der Waals surface area contributed by atoms with Gasteiger partial charge in [0.2, 0.25) is 0 Å². The average Bonchev–Trinajstić information content (AvgIpc) is 2.40. The number of hydrogen-bond acceptors (Lipinski definition) is 1. The van der Waals surface area contributed by atoms with Crippen molar-refractivity contribution in [2.45, 2.75) is 20.5 Å². The molecular weight excluding hydrogens is 284 g/mol. The summed E-state index contributed by atoms with van der Waals surface area (Å²) in [6.45, 7) is 5.77. The molecule has 1 N–H and O–H groups in total. The average molecular weight is 304 g/mol. The Kier molecular flexibility index (Phi) is 8.87. The SMILES string of the molecule is CC(C)COCc1ccc([B]c2cccc([NH-])c2)cc1.[K+]. The largest absolute Gasteiger partial charge is 1.00 e. The van der Waals surface area contributed by atoms with Crippen LogP contribution in [0, 0.1) is 5.92 Å². The molecule has 2 aromatic carbocycles. The van der Waals surface area contributed by atoms with Gasteiger partial charge < -0.3 is 10.5 Å². The fourth-order valence-electron chi connectivity index (χ4n) is 1.94. The summed E-state index contributed by atoms with van der Waals surface area (Å²) in [6, 6.07) is 15.9. The van der Waals surface area contributed by atoms with E-state index in [4.69, 9.17) is 10.5 Å². The maximum Gasteiger partial charge on any atom is 1.00 e. The van der Waals surface area contributed by atoms with E-state index in [1.54, 1.807) is 6.07 Å². The molecule has 0 atom stereocenters. The first-order chi connectivity index (χ1) is 9.63. The van der Waals surface area contributed by atoms with Gasteiger partial charge >= 0.3 is 51.4 Å². The van der Waals surface area contributed by atoms with Crippen LogP contribution in [0.4, 0.5) is 5.69 Å². The molecule has 2 rings (SSSR count). The molecule has 21 heavy (non-hydrogen) atoms. The van der Waals surface area contributed by atoms with Gasteiger partial charge in [-0.15, -0.1) is 5.69 Å². The minimum atomic E-state index is 0. The first-order valence-electron chi connectivity index (χ1n) is 6.96. The number of hydrogen-bond donors (Lipinski definition) is 0. The zero-order valence-electron chi connectivity index (χ0n) is 13.1. The molecule has 103 valence electrons. The first kappa shape index (κ1) is 18.9. The van der Waals surface area contributed by atoms with E-state index < -0.39 is 0 Å².